The molecule has 1 fully saturated rings. The lowest BCUT2D eigenvalue weighted by molar-refractivity contribution is 0.126. The van der Waals surface area contributed by atoms with Crippen molar-refractivity contribution in [2.45, 2.75) is 60.9 Å². The number of pyridine rings is 1. The molecule has 34 heavy (non-hydrogen) atoms. The maximum absolute atomic E-state index is 4.67. The fraction of sp³-hybridized carbons (Fsp3) is 0.452. The molecule has 3 heteroatoms. The number of piperazine rings is 1. The van der Waals surface area contributed by atoms with Crippen LogP contribution in [0.15, 0.2) is 42.6 Å². The van der Waals surface area contributed by atoms with Gasteiger partial charge in [0.15, 0.2) is 0 Å². The smallest absolute Gasteiger partial charge is 0.0705 e. The first-order valence-electron chi connectivity index (χ1n) is 12.9. The van der Waals surface area contributed by atoms with Gasteiger partial charge in [-0.05, 0) is 130 Å². The SMILES string of the molecule is Cc1cc(-c2cc(CN3CCN(CCCc4ccc(C)c(C)c4C)CC3)ccn2)cc(C)c1C. The van der Waals surface area contributed by atoms with Crippen molar-refractivity contribution in [3.63, 3.8) is 0 Å². The minimum absolute atomic E-state index is 1.01. The average molecular weight is 456 g/mol. The predicted molar refractivity (Wildman–Crippen MR) is 145 cm³/mol. The van der Waals surface area contributed by atoms with E-state index in [1.165, 1.54) is 82.5 Å². The van der Waals surface area contributed by atoms with Crippen molar-refractivity contribution in [3.8, 4) is 11.3 Å². The summed E-state index contributed by atoms with van der Waals surface area (Å²) in [6, 6.07) is 13.6. The molecule has 1 aromatic heterocycles. The van der Waals surface area contributed by atoms with Gasteiger partial charge in [0.25, 0.3) is 0 Å². The van der Waals surface area contributed by atoms with Gasteiger partial charge in [0.1, 0.15) is 0 Å². The molecule has 0 radical (unpaired) electrons. The van der Waals surface area contributed by atoms with Gasteiger partial charge in [0.2, 0.25) is 0 Å². The van der Waals surface area contributed by atoms with Crippen LogP contribution in [0.4, 0.5) is 0 Å². The maximum atomic E-state index is 4.67. The molecule has 1 saturated heterocycles. The third-order valence-electron chi connectivity index (χ3n) is 8.01. The van der Waals surface area contributed by atoms with Crippen LogP contribution in [-0.4, -0.2) is 47.5 Å². The molecule has 2 aromatic carbocycles. The summed E-state index contributed by atoms with van der Waals surface area (Å²) in [5.41, 5.74) is 13.6. The van der Waals surface area contributed by atoms with Crippen molar-refractivity contribution < 1.29 is 0 Å². The molecule has 0 amide bonds. The average Bonchev–Trinajstić information content (AvgIpc) is 2.83. The second kappa shape index (κ2) is 10.8. The van der Waals surface area contributed by atoms with Crippen molar-refractivity contribution in [2.75, 3.05) is 32.7 Å². The molecule has 4 rings (SSSR count). The van der Waals surface area contributed by atoms with E-state index >= 15 is 0 Å². The molecule has 0 unspecified atom stereocenters. The van der Waals surface area contributed by atoms with Crippen molar-refractivity contribution in [1.29, 1.82) is 0 Å². The quantitative estimate of drug-likeness (QED) is 0.414. The van der Waals surface area contributed by atoms with Gasteiger partial charge in [-0.2, -0.15) is 0 Å². The first-order chi connectivity index (χ1) is 16.3. The van der Waals surface area contributed by atoms with Crippen molar-refractivity contribution in [3.05, 3.63) is 87.1 Å². The van der Waals surface area contributed by atoms with E-state index in [0.29, 0.717) is 0 Å². The zero-order valence-electron chi connectivity index (χ0n) is 22.0. The van der Waals surface area contributed by atoms with Gasteiger partial charge in [-0.1, -0.05) is 12.1 Å². The Morgan fingerprint density at radius 3 is 2.09 bits per heavy atom. The van der Waals surface area contributed by atoms with Crippen LogP contribution in [0.3, 0.4) is 0 Å². The van der Waals surface area contributed by atoms with Crippen LogP contribution in [0, 0.1) is 41.5 Å². The van der Waals surface area contributed by atoms with Gasteiger partial charge in [0.05, 0.1) is 5.69 Å². The Labute approximate surface area is 206 Å². The van der Waals surface area contributed by atoms with Crippen LogP contribution in [0.25, 0.3) is 11.3 Å². The molecule has 0 spiro atoms. The highest BCUT2D eigenvalue weighted by molar-refractivity contribution is 5.63. The highest BCUT2D eigenvalue weighted by Crippen LogP contribution is 2.24. The van der Waals surface area contributed by atoms with Gasteiger partial charge in [-0.25, -0.2) is 0 Å². The lowest BCUT2D eigenvalue weighted by Crippen LogP contribution is -2.46. The van der Waals surface area contributed by atoms with E-state index < -0.39 is 0 Å². The van der Waals surface area contributed by atoms with E-state index in [0.717, 1.165) is 25.3 Å². The number of aryl methyl sites for hydroxylation is 4. The second-order valence-electron chi connectivity index (χ2n) is 10.3. The molecule has 0 atom stereocenters. The number of aromatic nitrogens is 1. The summed E-state index contributed by atoms with van der Waals surface area (Å²) in [5, 5.41) is 0. The third kappa shape index (κ3) is 5.76. The van der Waals surface area contributed by atoms with Crippen LogP contribution in [0.2, 0.25) is 0 Å². The Kier molecular flexibility index (Phi) is 7.85. The van der Waals surface area contributed by atoms with Crippen LogP contribution >= 0.6 is 0 Å². The summed E-state index contributed by atoms with van der Waals surface area (Å²) >= 11 is 0. The lowest BCUT2D eigenvalue weighted by atomic mass is 9.96. The van der Waals surface area contributed by atoms with E-state index in [4.69, 9.17) is 0 Å². The van der Waals surface area contributed by atoms with E-state index in [9.17, 15) is 0 Å². The highest BCUT2D eigenvalue weighted by Gasteiger charge is 2.17. The first kappa shape index (κ1) is 24.6. The summed E-state index contributed by atoms with van der Waals surface area (Å²) < 4.78 is 0. The van der Waals surface area contributed by atoms with Crippen molar-refractivity contribution in [2.24, 2.45) is 0 Å². The Hall–Kier alpha value is -2.49. The largest absolute Gasteiger partial charge is 0.301 e. The Balaban J connectivity index is 1.28. The predicted octanol–water partition coefficient (Wildman–Crippen LogP) is 6.35. The lowest BCUT2D eigenvalue weighted by Gasteiger charge is -2.34. The van der Waals surface area contributed by atoms with Crippen molar-refractivity contribution >= 4 is 0 Å². The fourth-order valence-electron chi connectivity index (χ4n) is 5.12. The molecule has 1 aliphatic heterocycles. The standard InChI is InChI=1S/C31H41N3/c1-22-9-10-29(27(6)26(22)5)8-7-13-33-14-16-34(17-15-33)21-28-11-12-32-31(20-28)30-18-23(2)25(4)24(3)19-30/h9-12,18-20H,7-8,13-17,21H2,1-6H3. The topological polar surface area (TPSA) is 19.4 Å². The van der Waals surface area contributed by atoms with Crippen molar-refractivity contribution in [1.82, 2.24) is 14.8 Å². The van der Waals surface area contributed by atoms with Gasteiger partial charge in [-0.15, -0.1) is 0 Å². The molecule has 3 nitrogen and oxygen atoms in total. The Morgan fingerprint density at radius 1 is 0.706 bits per heavy atom. The highest BCUT2D eigenvalue weighted by atomic mass is 15.3. The minimum atomic E-state index is 1.01. The zero-order chi connectivity index (χ0) is 24.2. The van der Waals surface area contributed by atoms with Gasteiger partial charge in [-0.3, -0.25) is 9.88 Å². The number of benzene rings is 2. The molecule has 0 bridgehead atoms. The zero-order valence-corrected chi connectivity index (χ0v) is 22.0. The van der Waals surface area contributed by atoms with Gasteiger partial charge >= 0.3 is 0 Å². The first-order valence-corrected chi connectivity index (χ1v) is 12.9. The van der Waals surface area contributed by atoms with E-state index in [1.807, 2.05) is 6.20 Å². The van der Waals surface area contributed by atoms with Crippen LogP contribution in [-0.2, 0) is 13.0 Å². The number of nitrogens with zero attached hydrogens (tertiary/aromatic N) is 3. The summed E-state index contributed by atoms with van der Waals surface area (Å²) in [5.74, 6) is 0. The summed E-state index contributed by atoms with van der Waals surface area (Å²) in [6.45, 7) is 20.2. The molecule has 180 valence electrons. The van der Waals surface area contributed by atoms with Crippen LogP contribution in [0.1, 0.15) is 50.9 Å². The fourth-order valence-corrected chi connectivity index (χ4v) is 5.12. The Bertz CT molecular complexity index is 1120. The Morgan fingerprint density at radius 2 is 1.38 bits per heavy atom. The summed E-state index contributed by atoms with van der Waals surface area (Å²) in [7, 11) is 0. The third-order valence-corrected chi connectivity index (χ3v) is 8.01. The molecular weight excluding hydrogens is 414 g/mol. The van der Waals surface area contributed by atoms with E-state index in [2.05, 4.69) is 92.7 Å². The molecule has 1 aliphatic rings. The van der Waals surface area contributed by atoms with Crippen LogP contribution < -0.4 is 0 Å². The normalized spacial score (nSPS) is 15.1. The van der Waals surface area contributed by atoms with Gasteiger partial charge in [0, 0.05) is 44.5 Å². The maximum Gasteiger partial charge on any atom is 0.0705 e. The van der Waals surface area contributed by atoms with Crippen LogP contribution in [0.5, 0.6) is 0 Å². The van der Waals surface area contributed by atoms with E-state index in [1.54, 1.807) is 0 Å². The molecule has 3 aromatic rings. The van der Waals surface area contributed by atoms with E-state index in [-0.39, 0.29) is 0 Å². The number of rotatable bonds is 7. The minimum Gasteiger partial charge on any atom is -0.301 e. The summed E-state index contributed by atoms with van der Waals surface area (Å²) in [6.07, 6.45) is 4.40. The monoisotopic (exact) mass is 455 g/mol. The molecular formula is C31H41N3. The number of hydrogen-bond donors (Lipinski definition) is 0. The summed E-state index contributed by atoms with van der Waals surface area (Å²) in [4.78, 5) is 9.91. The second-order valence-corrected chi connectivity index (χ2v) is 10.3. The molecule has 0 N–H and O–H groups in total. The molecule has 0 aliphatic carbocycles. The number of hydrogen-bond acceptors (Lipinski definition) is 3. The van der Waals surface area contributed by atoms with Gasteiger partial charge < -0.3 is 4.90 Å². The molecule has 0 saturated carbocycles. The molecule has 2 heterocycles.